The molecule has 128 valence electrons. The summed E-state index contributed by atoms with van der Waals surface area (Å²) < 4.78 is 2.25. The Morgan fingerprint density at radius 2 is 2.12 bits per heavy atom. The molecule has 3 aromatic rings. The first kappa shape index (κ1) is 16.0. The Bertz CT molecular complexity index is 899. The van der Waals surface area contributed by atoms with Crippen molar-refractivity contribution < 1.29 is 4.79 Å². The van der Waals surface area contributed by atoms with E-state index in [1.807, 2.05) is 48.5 Å². The topological polar surface area (TPSA) is 51.0 Å². The number of likely N-dealkylation sites (tertiary alicyclic amines) is 1. The Morgan fingerprint density at radius 1 is 1.24 bits per heavy atom. The van der Waals surface area contributed by atoms with Gasteiger partial charge in [0.2, 0.25) is 0 Å². The highest BCUT2D eigenvalue weighted by Crippen LogP contribution is 2.30. The van der Waals surface area contributed by atoms with E-state index in [1.165, 1.54) is 4.88 Å². The molecule has 1 aliphatic heterocycles. The molecule has 0 saturated carbocycles. The van der Waals surface area contributed by atoms with Crippen LogP contribution in [-0.4, -0.2) is 38.4 Å². The standard InChI is InChI=1S/C19H20N4OS/c1-13-10-21-18(15-4-3-8-20-11-15)23(13)16-7-9-22(12-16)19(24)17-6-5-14(2)25-17/h3-6,8,10-11,16H,7,9,12H2,1-2H3. The van der Waals surface area contributed by atoms with E-state index < -0.39 is 0 Å². The molecule has 4 rings (SSSR count). The maximum absolute atomic E-state index is 12.7. The Labute approximate surface area is 151 Å². The predicted molar refractivity (Wildman–Crippen MR) is 98.8 cm³/mol. The second kappa shape index (κ2) is 6.44. The summed E-state index contributed by atoms with van der Waals surface area (Å²) in [6.07, 6.45) is 6.45. The third-order valence-corrected chi connectivity index (χ3v) is 5.66. The van der Waals surface area contributed by atoms with Crippen molar-refractivity contribution in [2.75, 3.05) is 13.1 Å². The number of amides is 1. The van der Waals surface area contributed by atoms with E-state index in [0.717, 1.165) is 41.5 Å². The van der Waals surface area contributed by atoms with Crippen molar-refractivity contribution >= 4 is 17.2 Å². The summed E-state index contributed by atoms with van der Waals surface area (Å²) >= 11 is 1.57. The van der Waals surface area contributed by atoms with Crippen molar-refractivity contribution in [2.45, 2.75) is 26.3 Å². The molecule has 1 aliphatic rings. The van der Waals surface area contributed by atoms with Crippen LogP contribution < -0.4 is 0 Å². The minimum atomic E-state index is 0.140. The van der Waals surface area contributed by atoms with E-state index in [4.69, 9.17) is 0 Å². The largest absolute Gasteiger partial charge is 0.336 e. The molecule has 25 heavy (non-hydrogen) atoms. The number of carbonyl (C=O) groups excluding carboxylic acids is 1. The van der Waals surface area contributed by atoms with Crippen molar-refractivity contribution in [1.82, 2.24) is 19.4 Å². The third-order valence-electron chi connectivity index (χ3n) is 4.67. The van der Waals surface area contributed by atoms with Crippen molar-refractivity contribution in [1.29, 1.82) is 0 Å². The van der Waals surface area contributed by atoms with Gasteiger partial charge in [-0.15, -0.1) is 11.3 Å². The number of aryl methyl sites for hydroxylation is 2. The first-order chi connectivity index (χ1) is 12.1. The van der Waals surface area contributed by atoms with E-state index in [0.29, 0.717) is 0 Å². The molecule has 0 aliphatic carbocycles. The normalized spacial score (nSPS) is 17.2. The molecule has 3 aromatic heterocycles. The zero-order valence-corrected chi connectivity index (χ0v) is 15.2. The lowest BCUT2D eigenvalue weighted by molar-refractivity contribution is 0.0792. The average Bonchev–Trinajstić information content (AvgIpc) is 3.34. The number of nitrogens with zero attached hydrogens (tertiary/aromatic N) is 4. The number of hydrogen-bond acceptors (Lipinski definition) is 4. The van der Waals surface area contributed by atoms with E-state index >= 15 is 0 Å². The van der Waals surface area contributed by atoms with Gasteiger partial charge in [-0.3, -0.25) is 9.78 Å². The first-order valence-corrected chi connectivity index (χ1v) is 9.25. The monoisotopic (exact) mass is 352 g/mol. The number of aromatic nitrogens is 3. The van der Waals surface area contributed by atoms with Gasteiger partial charge in [-0.05, 0) is 44.5 Å². The van der Waals surface area contributed by atoms with E-state index in [2.05, 4.69) is 21.5 Å². The molecule has 5 nitrogen and oxygen atoms in total. The summed E-state index contributed by atoms with van der Waals surface area (Å²) in [5, 5.41) is 0. The van der Waals surface area contributed by atoms with Crippen LogP contribution in [-0.2, 0) is 0 Å². The lowest BCUT2D eigenvalue weighted by Gasteiger charge is -2.19. The summed E-state index contributed by atoms with van der Waals surface area (Å²) in [6, 6.07) is 8.14. The van der Waals surface area contributed by atoms with Gasteiger partial charge in [0.05, 0.1) is 10.9 Å². The zero-order chi connectivity index (χ0) is 17.4. The predicted octanol–water partition coefficient (Wildman–Crippen LogP) is 3.71. The molecule has 1 saturated heterocycles. The van der Waals surface area contributed by atoms with Crippen LogP contribution in [0.15, 0.2) is 42.9 Å². The molecule has 0 N–H and O–H groups in total. The molecule has 1 atom stereocenters. The Balaban J connectivity index is 1.58. The fraction of sp³-hybridized carbons (Fsp3) is 0.316. The molecule has 0 spiro atoms. The van der Waals surface area contributed by atoms with Crippen molar-refractivity contribution in [3.8, 4) is 11.4 Å². The van der Waals surface area contributed by atoms with Crippen LogP contribution in [0.4, 0.5) is 0 Å². The molecule has 1 amide bonds. The van der Waals surface area contributed by atoms with Crippen LogP contribution in [0.1, 0.15) is 32.7 Å². The van der Waals surface area contributed by atoms with Crippen LogP contribution >= 0.6 is 11.3 Å². The Kier molecular flexibility index (Phi) is 4.13. The minimum absolute atomic E-state index is 0.140. The van der Waals surface area contributed by atoms with Crippen LogP contribution in [0.3, 0.4) is 0 Å². The van der Waals surface area contributed by atoms with Crippen LogP contribution in [0, 0.1) is 13.8 Å². The fourth-order valence-electron chi connectivity index (χ4n) is 3.46. The minimum Gasteiger partial charge on any atom is -0.336 e. The molecular weight excluding hydrogens is 332 g/mol. The van der Waals surface area contributed by atoms with Gasteiger partial charge in [0.1, 0.15) is 5.82 Å². The van der Waals surface area contributed by atoms with Gasteiger partial charge in [-0.2, -0.15) is 0 Å². The number of rotatable bonds is 3. The quantitative estimate of drug-likeness (QED) is 0.722. The summed E-state index contributed by atoms with van der Waals surface area (Å²) in [4.78, 5) is 25.5. The summed E-state index contributed by atoms with van der Waals surface area (Å²) in [6.45, 7) is 5.61. The molecular formula is C19H20N4OS. The summed E-state index contributed by atoms with van der Waals surface area (Å²) in [5.41, 5.74) is 2.12. The molecule has 6 heteroatoms. The van der Waals surface area contributed by atoms with Crippen LogP contribution in [0.5, 0.6) is 0 Å². The second-order valence-electron chi connectivity index (χ2n) is 6.44. The maximum Gasteiger partial charge on any atom is 0.263 e. The highest BCUT2D eigenvalue weighted by atomic mass is 32.1. The molecule has 1 fully saturated rings. The van der Waals surface area contributed by atoms with Gasteiger partial charge in [-0.1, -0.05) is 0 Å². The second-order valence-corrected chi connectivity index (χ2v) is 7.73. The van der Waals surface area contributed by atoms with Gasteiger partial charge in [0.15, 0.2) is 0 Å². The van der Waals surface area contributed by atoms with Crippen molar-refractivity contribution in [3.05, 3.63) is 58.3 Å². The SMILES string of the molecule is Cc1ccc(C(=O)N2CCC(n3c(C)cnc3-c3cccnc3)C2)s1. The fourth-order valence-corrected chi connectivity index (χ4v) is 4.29. The Hall–Kier alpha value is -2.47. The number of pyridine rings is 1. The van der Waals surface area contributed by atoms with Gasteiger partial charge in [-0.25, -0.2) is 4.98 Å². The summed E-state index contributed by atoms with van der Waals surface area (Å²) in [7, 11) is 0. The van der Waals surface area contributed by atoms with Gasteiger partial charge >= 0.3 is 0 Å². The van der Waals surface area contributed by atoms with Gasteiger partial charge in [0.25, 0.3) is 5.91 Å². The molecule has 1 unspecified atom stereocenters. The third kappa shape index (κ3) is 2.98. The van der Waals surface area contributed by atoms with Crippen molar-refractivity contribution in [3.63, 3.8) is 0 Å². The lowest BCUT2D eigenvalue weighted by Crippen LogP contribution is -2.28. The zero-order valence-electron chi connectivity index (χ0n) is 14.3. The number of thiophene rings is 1. The van der Waals surface area contributed by atoms with Gasteiger partial charge < -0.3 is 9.47 Å². The van der Waals surface area contributed by atoms with Crippen LogP contribution in [0.25, 0.3) is 11.4 Å². The first-order valence-electron chi connectivity index (χ1n) is 8.43. The molecule has 4 heterocycles. The number of hydrogen-bond donors (Lipinski definition) is 0. The highest BCUT2D eigenvalue weighted by molar-refractivity contribution is 7.13. The molecule has 0 radical (unpaired) electrons. The van der Waals surface area contributed by atoms with E-state index in [-0.39, 0.29) is 11.9 Å². The average molecular weight is 352 g/mol. The van der Waals surface area contributed by atoms with E-state index in [9.17, 15) is 4.79 Å². The van der Waals surface area contributed by atoms with Crippen molar-refractivity contribution in [2.24, 2.45) is 0 Å². The van der Waals surface area contributed by atoms with Crippen LogP contribution in [0.2, 0.25) is 0 Å². The number of carbonyl (C=O) groups is 1. The smallest absolute Gasteiger partial charge is 0.263 e. The summed E-state index contributed by atoms with van der Waals surface area (Å²) in [5.74, 6) is 1.07. The van der Waals surface area contributed by atoms with E-state index in [1.54, 1.807) is 17.5 Å². The highest BCUT2D eigenvalue weighted by Gasteiger charge is 2.30. The lowest BCUT2D eigenvalue weighted by atomic mass is 10.2. The Morgan fingerprint density at radius 3 is 2.84 bits per heavy atom. The molecule has 0 aromatic carbocycles. The van der Waals surface area contributed by atoms with Gasteiger partial charge in [0, 0.05) is 47.8 Å². The number of imidazole rings is 1. The maximum atomic E-state index is 12.7. The molecule has 0 bridgehead atoms.